The third-order valence-corrected chi connectivity index (χ3v) is 5.46. The number of amides is 2. The van der Waals surface area contributed by atoms with Gasteiger partial charge in [0.1, 0.15) is 17.2 Å². The maximum absolute atomic E-state index is 13.0. The van der Waals surface area contributed by atoms with E-state index >= 15 is 0 Å². The molecule has 1 aliphatic rings. The van der Waals surface area contributed by atoms with Crippen LogP contribution in [0.4, 0.5) is 0 Å². The predicted molar refractivity (Wildman–Crippen MR) is 135 cm³/mol. The molecule has 0 atom stereocenters. The van der Waals surface area contributed by atoms with Gasteiger partial charge in [-0.25, -0.2) is 5.43 Å². The second-order valence-electron chi connectivity index (χ2n) is 7.41. The number of methoxy groups -OCH3 is 2. The van der Waals surface area contributed by atoms with E-state index in [4.69, 9.17) is 30.5 Å². The van der Waals surface area contributed by atoms with Gasteiger partial charge in [-0.1, -0.05) is 29.8 Å². The molecule has 1 aliphatic heterocycles. The monoisotopic (exact) mass is 507 g/mol. The SMILES string of the molecule is COc1ccc(/C=C(\NC(=O)c2ccccc2)C(=O)N/N=C/c2cc3c(cc2Cl)OCO3)c(OC)c1. The van der Waals surface area contributed by atoms with Crippen molar-refractivity contribution in [3.8, 4) is 23.0 Å². The van der Waals surface area contributed by atoms with Crippen molar-refractivity contribution >= 4 is 35.7 Å². The van der Waals surface area contributed by atoms with Gasteiger partial charge in [-0.15, -0.1) is 0 Å². The van der Waals surface area contributed by atoms with Crippen molar-refractivity contribution in [3.05, 3.63) is 88.1 Å². The second kappa shape index (κ2) is 11.3. The summed E-state index contributed by atoms with van der Waals surface area (Å²) in [5.41, 5.74) is 3.80. The molecule has 0 aromatic heterocycles. The van der Waals surface area contributed by atoms with Gasteiger partial charge in [0.15, 0.2) is 11.5 Å². The van der Waals surface area contributed by atoms with Crippen LogP contribution < -0.4 is 29.7 Å². The third-order valence-electron chi connectivity index (χ3n) is 5.13. The number of carbonyl (C=O) groups is 2. The van der Waals surface area contributed by atoms with Gasteiger partial charge in [-0.3, -0.25) is 9.59 Å². The molecule has 0 fully saturated rings. The summed E-state index contributed by atoms with van der Waals surface area (Å²) in [5.74, 6) is 0.952. The zero-order valence-corrected chi connectivity index (χ0v) is 20.2. The Morgan fingerprint density at radius 2 is 1.72 bits per heavy atom. The summed E-state index contributed by atoms with van der Waals surface area (Å²) in [4.78, 5) is 25.8. The van der Waals surface area contributed by atoms with Crippen LogP contribution in [-0.2, 0) is 4.79 Å². The summed E-state index contributed by atoms with van der Waals surface area (Å²) in [6.07, 6.45) is 2.85. The highest BCUT2D eigenvalue weighted by Gasteiger charge is 2.17. The van der Waals surface area contributed by atoms with Gasteiger partial charge >= 0.3 is 0 Å². The first kappa shape index (κ1) is 24.6. The molecule has 3 aromatic carbocycles. The average Bonchev–Trinajstić information content (AvgIpc) is 3.35. The number of nitrogens with zero attached hydrogens (tertiary/aromatic N) is 1. The normalized spacial score (nSPS) is 12.4. The van der Waals surface area contributed by atoms with Crippen LogP contribution in [0.2, 0.25) is 5.02 Å². The number of hydrogen-bond donors (Lipinski definition) is 2. The zero-order chi connectivity index (χ0) is 25.5. The second-order valence-corrected chi connectivity index (χ2v) is 7.82. The number of fused-ring (bicyclic) bond motifs is 1. The first-order valence-electron chi connectivity index (χ1n) is 10.7. The molecular formula is C26H22ClN3O6. The quantitative estimate of drug-likeness (QED) is 0.271. The van der Waals surface area contributed by atoms with Gasteiger partial charge in [-0.05, 0) is 36.4 Å². The maximum atomic E-state index is 13.0. The minimum absolute atomic E-state index is 0.0544. The van der Waals surface area contributed by atoms with Crippen LogP contribution in [0.15, 0.2) is 71.5 Å². The topological polar surface area (TPSA) is 107 Å². The molecule has 3 aromatic rings. The number of benzene rings is 3. The highest BCUT2D eigenvalue weighted by atomic mass is 35.5. The lowest BCUT2D eigenvalue weighted by atomic mass is 10.1. The van der Waals surface area contributed by atoms with Crippen molar-refractivity contribution in [2.75, 3.05) is 21.0 Å². The van der Waals surface area contributed by atoms with Crippen LogP contribution in [0.3, 0.4) is 0 Å². The Kier molecular flexibility index (Phi) is 7.72. The van der Waals surface area contributed by atoms with Crippen molar-refractivity contribution in [1.29, 1.82) is 0 Å². The third kappa shape index (κ3) is 5.76. The molecule has 1 heterocycles. The Morgan fingerprint density at radius 1 is 0.972 bits per heavy atom. The molecule has 2 N–H and O–H groups in total. The Labute approximate surface area is 212 Å². The smallest absolute Gasteiger partial charge is 0.287 e. The van der Waals surface area contributed by atoms with Crippen LogP contribution in [0.5, 0.6) is 23.0 Å². The molecule has 0 spiro atoms. The van der Waals surface area contributed by atoms with E-state index in [-0.39, 0.29) is 12.5 Å². The largest absolute Gasteiger partial charge is 0.497 e. The van der Waals surface area contributed by atoms with Crippen LogP contribution in [0, 0.1) is 0 Å². The van der Waals surface area contributed by atoms with Crippen molar-refractivity contribution in [1.82, 2.24) is 10.7 Å². The molecular weight excluding hydrogens is 486 g/mol. The fraction of sp³-hybridized carbons (Fsp3) is 0.115. The maximum Gasteiger partial charge on any atom is 0.287 e. The van der Waals surface area contributed by atoms with Gasteiger partial charge in [0.25, 0.3) is 11.8 Å². The first-order chi connectivity index (χ1) is 17.5. The average molecular weight is 508 g/mol. The van der Waals surface area contributed by atoms with E-state index in [0.29, 0.717) is 44.7 Å². The minimum atomic E-state index is -0.662. The molecule has 0 unspecified atom stereocenters. The van der Waals surface area contributed by atoms with Gasteiger partial charge in [0.2, 0.25) is 6.79 Å². The molecule has 0 saturated carbocycles. The fourth-order valence-corrected chi connectivity index (χ4v) is 3.49. The van der Waals surface area contributed by atoms with Gasteiger partial charge in [0, 0.05) is 28.8 Å². The van der Waals surface area contributed by atoms with E-state index in [0.717, 1.165) is 0 Å². The number of ether oxygens (including phenoxy) is 4. The van der Waals surface area contributed by atoms with E-state index in [1.165, 1.54) is 26.5 Å². The first-order valence-corrected chi connectivity index (χ1v) is 11.1. The molecule has 10 heteroatoms. The zero-order valence-electron chi connectivity index (χ0n) is 19.4. The highest BCUT2D eigenvalue weighted by Crippen LogP contribution is 2.36. The van der Waals surface area contributed by atoms with E-state index in [9.17, 15) is 9.59 Å². The highest BCUT2D eigenvalue weighted by molar-refractivity contribution is 6.33. The lowest BCUT2D eigenvalue weighted by Gasteiger charge is -2.11. The van der Waals surface area contributed by atoms with Crippen LogP contribution in [0.1, 0.15) is 21.5 Å². The minimum Gasteiger partial charge on any atom is -0.497 e. The Bertz CT molecular complexity index is 1340. The molecule has 0 bridgehead atoms. The Balaban J connectivity index is 1.59. The lowest BCUT2D eigenvalue weighted by molar-refractivity contribution is -0.117. The van der Waals surface area contributed by atoms with Crippen molar-refractivity contribution in [3.63, 3.8) is 0 Å². The summed E-state index contributed by atoms with van der Waals surface area (Å²) in [7, 11) is 3.03. The standard InChI is InChI=1S/C26H22ClN3O6/c1-33-19-9-8-17(22(12-19)34-2)10-21(29-25(31)16-6-4-3-5-7-16)26(32)30-28-14-18-11-23-24(13-20(18)27)36-15-35-23/h3-14H,15H2,1-2H3,(H,29,31)(H,30,32)/b21-10-,28-14+. The van der Waals surface area contributed by atoms with Crippen LogP contribution >= 0.6 is 11.6 Å². The molecule has 4 rings (SSSR count). The van der Waals surface area contributed by atoms with Crippen molar-refractivity contribution in [2.24, 2.45) is 5.10 Å². The summed E-state index contributed by atoms with van der Waals surface area (Å²) in [6, 6.07) is 16.9. The van der Waals surface area contributed by atoms with Gasteiger partial charge in [-0.2, -0.15) is 5.10 Å². The molecule has 0 saturated heterocycles. The van der Waals surface area contributed by atoms with Crippen molar-refractivity contribution in [2.45, 2.75) is 0 Å². The van der Waals surface area contributed by atoms with Crippen LogP contribution in [0.25, 0.3) is 6.08 Å². The molecule has 0 radical (unpaired) electrons. The number of hydrazone groups is 1. The van der Waals surface area contributed by atoms with E-state index in [2.05, 4.69) is 15.8 Å². The Morgan fingerprint density at radius 3 is 2.44 bits per heavy atom. The molecule has 184 valence electrons. The number of hydrogen-bond acceptors (Lipinski definition) is 7. The van der Waals surface area contributed by atoms with Crippen molar-refractivity contribution < 1.29 is 28.5 Å². The predicted octanol–water partition coefficient (Wildman–Crippen LogP) is 4.01. The van der Waals surface area contributed by atoms with E-state index in [1.54, 1.807) is 60.7 Å². The number of carbonyl (C=O) groups excluding carboxylic acids is 2. The Hall–Kier alpha value is -4.50. The van der Waals surface area contributed by atoms with Gasteiger partial charge < -0.3 is 24.3 Å². The summed E-state index contributed by atoms with van der Waals surface area (Å²) >= 11 is 6.26. The number of rotatable bonds is 8. The summed E-state index contributed by atoms with van der Waals surface area (Å²) < 4.78 is 21.3. The van der Waals surface area contributed by atoms with E-state index in [1.807, 2.05) is 0 Å². The van der Waals surface area contributed by atoms with Gasteiger partial charge in [0.05, 0.1) is 25.5 Å². The molecule has 2 amide bonds. The lowest BCUT2D eigenvalue weighted by Crippen LogP contribution is -2.32. The number of nitrogens with one attached hydrogen (secondary N) is 2. The molecule has 0 aliphatic carbocycles. The van der Waals surface area contributed by atoms with E-state index < -0.39 is 11.8 Å². The molecule has 36 heavy (non-hydrogen) atoms. The molecule has 9 nitrogen and oxygen atoms in total. The fourth-order valence-electron chi connectivity index (χ4n) is 3.29. The van der Waals surface area contributed by atoms with Crippen LogP contribution in [-0.4, -0.2) is 39.0 Å². The summed E-state index contributed by atoms with van der Waals surface area (Å²) in [5, 5.41) is 7.00. The summed E-state index contributed by atoms with van der Waals surface area (Å²) in [6.45, 7) is 0.104. The number of halogens is 1.